The molecule has 1 aliphatic rings. The van der Waals surface area contributed by atoms with Crippen LogP contribution >= 0.6 is 0 Å². The van der Waals surface area contributed by atoms with Crippen molar-refractivity contribution in [2.24, 2.45) is 0 Å². The standard InChI is InChI=1S/C19H17FN6O4/c20-16-7-13(25-10-14(30-19(25)28)11-29-18(27)8-21)2-3-15(16)12-1-4-17(22-9-12)26-6-5-23-24-26/h1-7,9,14H,8,10-11,21H2/p+1/t14-/m1/s1. The van der Waals surface area contributed by atoms with Gasteiger partial charge in [-0.15, -0.1) is 5.10 Å². The maximum absolute atomic E-state index is 14.8. The second kappa shape index (κ2) is 8.25. The Morgan fingerprint density at radius 3 is 2.87 bits per heavy atom. The molecule has 1 saturated heterocycles. The highest BCUT2D eigenvalue weighted by atomic mass is 19.1. The highest BCUT2D eigenvalue weighted by Crippen LogP contribution is 2.29. The number of nitrogens with zero attached hydrogens (tertiary/aromatic N) is 5. The third kappa shape index (κ3) is 3.96. The molecule has 154 valence electrons. The SMILES string of the molecule is [NH3+]CC(=O)OC[C@H]1CN(c2ccc(-c3ccc(-n4ccnn4)nc3)c(F)c2)C(=O)O1. The van der Waals surface area contributed by atoms with Crippen molar-refractivity contribution in [2.45, 2.75) is 6.10 Å². The Morgan fingerprint density at radius 1 is 1.33 bits per heavy atom. The topological polar surface area (TPSA) is 127 Å². The first-order valence-corrected chi connectivity index (χ1v) is 9.11. The van der Waals surface area contributed by atoms with Crippen LogP contribution in [0.15, 0.2) is 48.9 Å². The van der Waals surface area contributed by atoms with Crippen LogP contribution in [0.1, 0.15) is 0 Å². The average molecular weight is 413 g/mol. The van der Waals surface area contributed by atoms with Gasteiger partial charge in [0.1, 0.15) is 12.4 Å². The molecule has 1 atom stereocenters. The minimum absolute atomic E-state index is 0.00821. The van der Waals surface area contributed by atoms with Gasteiger partial charge in [-0.05, 0) is 30.3 Å². The summed E-state index contributed by atoms with van der Waals surface area (Å²) < 4.78 is 26.4. The lowest BCUT2D eigenvalue weighted by Crippen LogP contribution is -2.54. The Hall–Kier alpha value is -3.86. The molecular weight excluding hydrogens is 395 g/mol. The summed E-state index contributed by atoms with van der Waals surface area (Å²) in [6, 6.07) is 7.87. The molecule has 0 bridgehead atoms. The Balaban J connectivity index is 1.48. The van der Waals surface area contributed by atoms with Crippen molar-refractivity contribution in [2.75, 3.05) is 24.6 Å². The maximum atomic E-state index is 14.8. The van der Waals surface area contributed by atoms with Gasteiger partial charge in [0.15, 0.2) is 18.5 Å². The lowest BCUT2D eigenvalue weighted by atomic mass is 10.1. The number of hydrogen-bond donors (Lipinski definition) is 1. The Morgan fingerprint density at radius 2 is 2.20 bits per heavy atom. The van der Waals surface area contributed by atoms with Crippen LogP contribution in [0.2, 0.25) is 0 Å². The van der Waals surface area contributed by atoms with E-state index in [9.17, 15) is 14.0 Å². The monoisotopic (exact) mass is 413 g/mol. The molecule has 30 heavy (non-hydrogen) atoms. The molecule has 1 fully saturated rings. The fourth-order valence-electron chi connectivity index (χ4n) is 2.99. The lowest BCUT2D eigenvalue weighted by Gasteiger charge is -2.14. The first-order valence-electron chi connectivity index (χ1n) is 9.11. The summed E-state index contributed by atoms with van der Waals surface area (Å²) >= 11 is 0. The summed E-state index contributed by atoms with van der Waals surface area (Å²) in [5, 5.41) is 7.57. The van der Waals surface area contributed by atoms with Gasteiger partial charge in [-0.3, -0.25) is 4.90 Å². The zero-order valence-electron chi connectivity index (χ0n) is 15.8. The van der Waals surface area contributed by atoms with Gasteiger partial charge in [0.05, 0.1) is 24.6 Å². The van der Waals surface area contributed by atoms with Crippen LogP contribution in [0.25, 0.3) is 16.9 Å². The van der Waals surface area contributed by atoms with Gasteiger partial charge < -0.3 is 15.2 Å². The van der Waals surface area contributed by atoms with Crippen molar-refractivity contribution in [1.82, 2.24) is 20.0 Å². The van der Waals surface area contributed by atoms with Gasteiger partial charge in [0.25, 0.3) is 0 Å². The molecule has 1 aliphatic heterocycles. The molecule has 3 aromatic rings. The van der Waals surface area contributed by atoms with Crippen LogP contribution in [0.5, 0.6) is 0 Å². The number of esters is 1. The van der Waals surface area contributed by atoms with Gasteiger partial charge in [-0.2, -0.15) is 0 Å². The molecule has 3 N–H and O–H groups in total. The molecule has 2 aromatic heterocycles. The van der Waals surface area contributed by atoms with Crippen LogP contribution in [0, 0.1) is 5.82 Å². The third-order valence-electron chi connectivity index (χ3n) is 4.49. The van der Waals surface area contributed by atoms with E-state index in [0.717, 1.165) is 0 Å². The molecule has 0 aliphatic carbocycles. The zero-order chi connectivity index (χ0) is 21.1. The number of anilines is 1. The second-order valence-electron chi connectivity index (χ2n) is 6.47. The second-order valence-corrected chi connectivity index (χ2v) is 6.47. The number of aromatic nitrogens is 4. The van der Waals surface area contributed by atoms with Gasteiger partial charge >= 0.3 is 12.1 Å². The first-order chi connectivity index (χ1) is 14.5. The summed E-state index contributed by atoms with van der Waals surface area (Å²) in [6.07, 6.45) is 3.47. The number of benzene rings is 1. The minimum Gasteiger partial charge on any atom is -0.458 e. The molecule has 10 nitrogen and oxygen atoms in total. The number of cyclic esters (lactones) is 1. The van der Waals surface area contributed by atoms with Gasteiger partial charge in [-0.1, -0.05) is 5.21 Å². The maximum Gasteiger partial charge on any atom is 0.414 e. The number of halogens is 1. The number of carbonyl (C=O) groups is 2. The molecule has 0 saturated carbocycles. The molecule has 0 unspecified atom stereocenters. The highest BCUT2D eigenvalue weighted by molar-refractivity contribution is 5.90. The van der Waals surface area contributed by atoms with Crippen molar-refractivity contribution in [3.8, 4) is 16.9 Å². The Labute approximate surface area is 170 Å². The van der Waals surface area contributed by atoms with Crippen LogP contribution in [0.3, 0.4) is 0 Å². The first kappa shape index (κ1) is 19.5. The number of rotatable bonds is 6. The van der Waals surface area contributed by atoms with Crippen molar-refractivity contribution in [3.63, 3.8) is 0 Å². The van der Waals surface area contributed by atoms with Crippen molar-refractivity contribution < 1.29 is 29.2 Å². The van der Waals surface area contributed by atoms with E-state index in [0.29, 0.717) is 22.6 Å². The van der Waals surface area contributed by atoms with E-state index < -0.39 is 24.0 Å². The van der Waals surface area contributed by atoms with Gasteiger partial charge in [0.2, 0.25) is 0 Å². The fourth-order valence-corrected chi connectivity index (χ4v) is 2.99. The summed E-state index contributed by atoms with van der Waals surface area (Å²) in [5.74, 6) is -0.440. The van der Waals surface area contributed by atoms with E-state index in [1.807, 2.05) is 0 Å². The number of quaternary nitrogens is 1. The van der Waals surface area contributed by atoms with E-state index in [1.165, 1.54) is 28.0 Å². The van der Waals surface area contributed by atoms with Gasteiger partial charge in [0, 0.05) is 17.3 Å². The molecule has 11 heteroatoms. The van der Waals surface area contributed by atoms with Crippen LogP contribution in [-0.2, 0) is 14.3 Å². The van der Waals surface area contributed by atoms with E-state index in [-0.39, 0.29) is 19.7 Å². The van der Waals surface area contributed by atoms with Crippen molar-refractivity contribution in [3.05, 3.63) is 54.7 Å². The summed E-state index contributed by atoms with van der Waals surface area (Å²) in [6.45, 7) is 0.0723. The van der Waals surface area contributed by atoms with Crippen LogP contribution < -0.4 is 10.6 Å². The molecule has 1 aromatic carbocycles. The summed E-state index contributed by atoms with van der Waals surface area (Å²) in [7, 11) is 0. The molecule has 1 amide bonds. The largest absolute Gasteiger partial charge is 0.458 e. The number of pyridine rings is 1. The number of ether oxygens (including phenoxy) is 2. The average Bonchev–Trinajstić information content (AvgIpc) is 3.42. The highest BCUT2D eigenvalue weighted by Gasteiger charge is 2.33. The van der Waals surface area contributed by atoms with E-state index in [1.54, 1.807) is 30.5 Å². The molecule has 0 spiro atoms. The van der Waals surface area contributed by atoms with Crippen LogP contribution in [-0.4, -0.2) is 57.8 Å². The predicted molar refractivity (Wildman–Crippen MR) is 101 cm³/mol. The zero-order valence-corrected chi connectivity index (χ0v) is 15.8. The normalized spacial score (nSPS) is 15.9. The van der Waals surface area contributed by atoms with E-state index in [4.69, 9.17) is 9.47 Å². The Kier molecular flexibility index (Phi) is 5.35. The third-order valence-corrected chi connectivity index (χ3v) is 4.49. The van der Waals surface area contributed by atoms with Gasteiger partial charge in [-0.25, -0.2) is 23.6 Å². The molecule has 0 radical (unpaired) electrons. The van der Waals surface area contributed by atoms with E-state index in [2.05, 4.69) is 21.0 Å². The summed E-state index contributed by atoms with van der Waals surface area (Å²) in [5.41, 5.74) is 4.68. The number of hydrogen-bond acceptors (Lipinski definition) is 7. The predicted octanol–water partition coefficient (Wildman–Crippen LogP) is 0.579. The smallest absolute Gasteiger partial charge is 0.414 e. The quantitative estimate of drug-likeness (QED) is 0.586. The molecule has 4 rings (SSSR count). The lowest BCUT2D eigenvalue weighted by molar-refractivity contribution is -0.359. The Bertz CT molecular complexity index is 1060. The van der Waals surface area contributed by atoms with Crippen molar-refractivity contribution in [1.29, 1.82) is 0 Å². The molecular formula is C19H18FN6O4+. The fraction of sp³-hybridized carbons (Fsp3) is 0.211. The van der Waals surface area contributed by atoms with E-state index >= 15 is 0 Å². The van der Waals surface area contributed by atoms with Crippen LogP contribution in [0.4, 0.5) is 14.9 Å². The molecule has 3 heterocycles. The number of amides is 1. The summed E-state index contributed by atoms with van der Waals surface area (Å²) in [4.78, 5) is 28.9. The number of carbonyl (C=O) groups excluding carboxylic acids is 2. The minimum atomic E-state index is -0.628. The van der Waals surface area contributed by atoms with Crippen molar-refractivity contribution >= 4 is 17.7 Å².